The zero-order valence-corrected chi connectivity index (χ0v) is 12.9. The maximum Gasteiger partial charge on any atom is 0.289 e. The van der Waals surface area contributed by atoms with E-state index in [0.717, 1.165) is 18.7 Å². The van der Waals surface area contributed by atoms with E-state index in [9.17, 15) is 27.9 Å². The number of hydrogen-bond donors (Lipinski definition) is 1. The number of nitriles is 1. The average Bonchev–Trinajstić information content (AvgIpc) is 2.41. The van der Waals surface area contributed by atoms with Gasteiger partial charge in [0.15, 0.2) is 5.60 Å². The summed E-state index contributed by atoms with van der Waals surface area (Å²) < 4.78 is 59.2. The first-order valence-corrected chi connectivity index (χ1v) is 7.91. The summed E-state index contributed by atoms with van der Waals surface area (Å²) >= 11 is 0.838. The van der Waals surface area contributed by atoms with Crippen LogP contribution >= 0.6 is 11.8 Å². The molecule has 1 N–H and O–H groups in total. The quantitative estimate of drug-likeness (QED) is 0.829. The molecule has 1 heterocycles. The van der Waals surface area contributed by atoms with Crippen LogP contribution in [0.2, 0.25) is 0 Å². The van der Waals surface area contributed by atoms with Crippen LogP contribution in [-0.4, -0.2) is 28.8 Å². The van der Waals surface area contributed by atoms with Gasteiger partial charge in [-0.2, -0.15) is 5.26 Å². The number of thioether (sulfide) groups is 1. The van der Waals surface area contributed by atoms with Gasteiger partial charge in [0.1, 0.15) is 23.5 Å². The summed E-state index contributed by atoms with van der Waals surface area (Å²) in [4.78, 5) is 0.365. The van der Waals surface area contributed by atoms with Crippen molar-refractivity contribution in [3.05, 3.63) is 23.3 Å². The van der Waals surface area contributed by atoms with E-state index < -0.39 is 42.1 Å². The van der Waals surface area contributed by atoms with Gasteiger partial charge in [0.25, 0.3) is 11.8 Å². The Morgan fingerprint density at radius 1 is 1.30 bits per heavy atom. The lowest BCUT2D eigenvalue weighted by atomic mass is 9.85. The van der Waals surface area contributed by atoms with Crippen LogP contribution in [0.3, 0.4) is 0 Å². The molecule has 0 spiro atoms. The van der Waals surface area contributed by atoms with Gasteiger partial charge in [-0.1, -0.05) is 0 Å². The molecule has 3 rings (SSSR count). The van der Waals surface area contributed by atoms with Crippen LogP contribution in [0.5, 0.6) is 5.75 Å². The van der Waals surface area contributed by atoms with Gasteiger partial charge in [-0.3, -0.25) is 0 Å². The lowest BCUT2D eigenvalue weighted by molar-refractivity contribution is -0.165. The molecule has 1 aromatic carbocycles. The van der Waals surface area contributed by atoms with Crippen LogP contribution < -0.4 is 4.74 Å². The highest BCUT2D eigenvalue weighted by molar-refractivity contribution is 7.99. The molecule has 1 unspecified atom stereocenters. The van der Waals surface area contributed by atoms with Gasteiger partial charge in [0.05, 0.1) is 5.75 Å². The van der Waals surface area contributed by atoms with Crippen molar-refractivity contribution in [3.8, 4) is 11.8 Å². The fourth-order valence-electron chi connectivity index (χ4n) is 2.74. The highest BCUT2D eigenvalue weighted by Crippen LogP contribution is 2.52. The van der Waals surface area contributed by atoms with Gasteiger partial charge in [-0.15, -0.1) is 11.8 Å². The number of rotatable bonds is 2. The summed E-state index contributed by atoms with van der Waals surface area (Å²) in [5, 5.41) is 19.6. The van der Waals surface area contributed by atoms with Crippen molar-refractivity contribution in [2.24, 2.45) is 0 Å². The Bertz CT molecular complexity index is 691. The Labute approximate surface area is 134 Å². The number of fused-ring (bicyclic) bond motifs is 1. The molecule has 0 radical (unpaired) electrons. The third-order valence-electron chi connectivity index (χ3n) is 4.19. The number of nitrogens with zero attached hydrogens (tertiary/aromatic N) is 1. The second-order valence-electron chi connectivity index (χ2n) is 5.99. The van der Waals surface area contributed by atoms with Crippen molar-refractivity contribution in [1.82, 2.24) is 0 Å². The van der Waals surface area contributed by atoms with Crippen LogP contribution in [0.4, 0.5) is 17.6 Å². The summed E-state index contributed by atoms with van der Waals surface area (Å²) in [5.41, 5.74) is -2.96. The first kappa shape index (κ1) is 16.4. The molecule has 1 aliphatic heterocycles. The number of ether oxygens (including phenoxy) is 1. The van der Waals surface area contributed by atoms with E-state index in [1.54, 1.807) is 6.07 Å². The smallest absolute Gasteiger partial charge is 0.289 e. The maximum atomic E-state index is 14.0. The van der Waals surface area contributed by atoms with E-state index in [-0.39, 0.29) is 16.9 Å². The van der Waals surface area contributed by atoms with Crippen molar-refractivity contribution >= 4 is 11.8 Å². The molecule has 1 atom stereocenters. The number of hydrogen-bond acceptors (Lipinski definition) is 4. The Kier molecular flexibility index (Phi) is 3.58. The minimum Gasteiger partial charge on any atom is -0.489 e. The minimum atomic E-state index is -3.42. The van der Waals surface area contributed by atoms with Crippen molar-refractivity contribution in [3.63, 3.8) is 0 Å². The van der Waals surface area contributed by atoms with E-state index in [2.05, 4.69) is 0 Å². The number of benzene rings is 1. The molecule has 124 valence electrons. The second kappa shape index (κ2) is 5.02. The normalized spacial score (nSPS) is 28.4. The molecule has 0 bridgehead atoms. The van der Waals surface area contributed by atoms with Crippen LogP contribution in [0.15, 0.2) is 17.0 Å². The number of aliphatic hydroxyl groups is 1. The summed E-state index contributed by atoms with van der Waals surface area (Å²) in [6, 6.07) is 4.64. The number of halogens is 4. The van der Waals surface area contributed by atoms with Gasteiger partial charge >= 0.3 is 0 Å². The SMILES string of the molecule is CC1(O)c2c(ccc(OC3CC(F)(F)C3)c2C#N)SCC1(F)F. The topological polar surface area (TPSA) is 53.2 Å². The summed E-state index contributed by atoms with van der Waals surface area (Å²) in [7, 11) is 0. The maximum absolute atomic E-state index is 14.0. The molecule has 1 aliphatic carbocycles. The van der Waals surface area contributed by atoms with Gasteiger partial charge in [0.2, 0.25) is 0 Å². The first-order chi connectivity index (χ1) is 10.6. The van der Waals surface area contributed by atoms with Crippen molar-refractivity contribution in [1.29, 1.82) is 5.26 Å². The second-order valence-corrected chi connectivity index (χ2v) is 7.01. The van der Waals surface area contributed by atoms with E-state index >= 15 is 0 Å². The van der Waals surface area contributed by atoms with E-state index in [0.29, 0.717) is 4.90 Å². The van der Waals surface area contributed by atoms with Gasteiger partial charge in [-0.05, 0) is 19.1 Å². The molecular formula is C15H13F4NO2S. The monoisotopic (exact) mass is 347 g/mol. The van der Waals surface area contributed by atoms with Gasteiger partial charge < -0.3 is 9.84 Å². The first-order valence-electron chi connectivity index (χ1n) is 6.92. The van der Waals surface area contributed by atoms with Gasteiger partial charge in [0, 0.05) is 23.3 Å². The molecule has 1 fully saturated rings. The molecule has 0 amide bonds. The van der Waals surface area contributed by atoms with Gasteiger partial charge in [-0.25, -0.2) is 17.6 Å². The standard InChI is InChI=1S/C15H13F4NO2S/c1-13(21)12-9(6-20)10(22-8-4-14(16,17)5-8)2-3-11(12)23-7-15(13,18)19/h2-3,8,21H,4-5,7H2,1H3. The molecule has 23 heavy (non-hydrogen) atoms. The molecule has 0 aromatic heterocycles. The molecule has 8 heteroatoms. The zero-order chi connectivity index (χ0) is 17.0. The predicted octanol–water partition coefficient (Wildman–Crippen LogP) is 3.68. The Balaban J connectivity index is 2.01. The summed E-state index contributed by atoms with van der Waals surface area (Å²) in [5.74, 6) is -6.86. The highest BCUT2D eigenvalue weighted by Gasteiger charge is 2.55. The third-order valence-corrected chi connectivity index (χ3v) is 5.35. The molecular weight excluding hydrogens is 334 g/mol. The van der Waals surface area contributed by atoms with Crippen LogP contribution in [0, 0.1) is 11.3 Å². The largest absolute Gasteiger partial charge is 0.489 e. The average molecular weight is 347 g/mol. The lowest BCUT2D eigenvalue weighted by Crippen LogP contribution is -2.48. The molecule has 3 nitrogen and oxygen atoms in total. The van der Waals surface area contributed by atoms with E-state index in [4.69, 9.17) is 4.74 Å². The van der Waals surface area contributed by atoms with Crippen molar-refractivity contribution < 1.29 is 27.4 Å². The Morgan fingerprint density at radius 3 is 2.52 bits per heavy atom. The summed E-state index contributed by atoms with van der Waals surface area (Å²) in [6.07, 6.45) is -1.72. The Hall–Kier alpha value is -1.46. The fraction of sp³-hybridized carbons (Fsp3) is 0.533. The number of alkyl halides is 4. The van der Waals surface area contributed by atoms with Crippen molar-refractivity contribution in [2.45, 2.75) is 48.2 Å². The minimum absolute atomic E-state index is 0.0506. The van der Waals surface area contributed by atoms with Crippen molar-refractivity contribution in [2.75, 3.05) is 5.75 Å². The molecule has 0 saturated heterocycles. The van der Waals surface area contributed by atoms with E-state index in [1.807, 2.05) is 0 Å². The summed E-state index contributed by atoms with van der Waals surface area (Å²) in [6.45, 7) is 0.952. The zero-order valence-electron chi connectivity index (χ0n) is 12.1. The molecule has 2 aliphatic rings. The highest BCUT2D eigenvalue weighted by atomic mass is 32.2. The molecule has 1 saturated carbocycles. The fourth-order valence-corrected chi connectivity index (χ4v) is 3.97. The Morgan fingerprint density at radius 2 is 1.96 bits per heavy atom. The lowest BCUT2D eigenvalue weighted by Gasteiger charge is -2.39. The predicted molar refractivity (Wildman–Crippen MR) is 75.0 cm³/mol. The van der Waals surface area contributed by atoms with Crippen LogP contribution in [-0.2, 0) is 5.60 Å². The van der Waals surface area contributed by atoms with Crippen LogP contribution in [0.1, 0.15) is 30.9 Å². The van der Waals surface area contributed by atoms with Crippen LogP contribution in [0.25, 0.3) is 0 Å². The van der Waals surface area contributed by atoms with E-state index in [1.165, 1.54) is 12.1 Å². The third kappa shape index (κ3) is 2.56. The molecule has 1 aromatic rings.